The molecule has 0 aliphatic carbocycles. The number of hydrogen-bond acceptors (Lipinski definition) is 3. The molecular weight excluding hydrogens is 240 g/mol. The second-order valence-corrected chi connectivity index (χ2v) is 4.89. The summed E-state index contributed by atoms with van der Waals surface area (Å²) in [5.41, 5.74) is 0.0273. The molecular formula is C12H15ClN2O2. The van der Waals surface area contributed by atoms with Crippen molar-refractivity contribution in [1.29, 1.82) is 0 Å². The Bertz CT molecular complexity index is 438. The van der Waals surface area contributed by atoms with Crippen LogP contribution >= 0.6 is 11.6 Å². The van der Waals surface area contributed by atoms with Crippen molar-refractivity contribution in [2.45, 2.75) is 18.9 Å². The molecule has 1 amide bonds. The van der Waals surface area contributed by atoms with E-state index in [9.17, 15) is 4.79 Å². The molecule has 0 spiro atoms. The minimum Gasteiger partial charge on any atom is -0.469 e. The van der Waals surface area contributed by atoms with E-state index in [-0.39, 0.29) is 5.91 Å². The Kier molecular flexibility index (Phi) is 3.24. The van der Waals surface area contributed by atoms with Crippen LogP contribution in [0.2, 0.25) is 0 Å². The van der Waals surface area contributed by atoms with Gasteiger partial charge in [0.25, 0.3) is 5.91 Å². The van der Waals surface area contributed by atoms with Crippen molar-refractivity contribution in [3.63, 3.8) is 0 Å². The number of nitrogens with zero attached hydrogens (tertiary/aromatic N) is 2. The number of halogens is 1. The molecule has 17 heavy (non-hydrogen) atoms. The second-order valence-electron chi connectivity index (χ2n) is 4.51. The van der Waals surface area contributed by atoms with Crippen molar-refractivity contribution in [2.24, 2.45) is 0 Å². The summed E-state index contributed by atoms with van der Waals surface area (Å²) in [6, 6.07) is 3.46. The van der Waals surface area contributed by atoms with Gasteiger partial charge in [0.2, 0.25) is 5.88 Å². The van der Waals surface area contributed by atoms with Gasteiger partial charge in [-0.1, -0.05) is 0 Å². The van der Waals surface area contributed by atoms with Crippen molar-refractivity contribution in [3.8, 4) is 5.88 Å². The molecule has 2 rings (SSSR count). The lowest BCUT2D eigenvalue weighted by Crippen LogP contribution is -2.43. The number of fused-ring (bicyclic) bond motifs is 1. The highest BCUT2D eigenvalue weighted by molar-refractivity contribution is 6.17. The molecule has 0 aromatic carbocycles. The number of ether oxygens (including phenoxy) is 1. The maximum Gasteiger partial charge on any atom is 0.259 e. The van der Waals surface area contributed by atoms with E-state index in [2.05, 4.69) is 4.98 Å². The maximum atomic E-state index is 12.1. The predicted octanol–water partition coefficient (Wildman–Crippen LogP) is 1.93. The Labute approximate surface area is 106 Å². The van der Waals surface area contributed by atoms with Crippen LogP contribution in [0, 0.1) is 0 Å². The van der Waals surface area contributed by atoms with Crippen LogP contribution in [0.1, 0.15) is 23.7 Å². The summed E-state index contributed by atoms with van der Waals surface area (Å²) in [6.45, 7) is 2.46. The number of carbonyl (C=O) groups excluding carboxylic acids is 1. The molecule has 0 saturated carbocycles. The van der Waals surface area contributed by atoms with Crippen molar-refractivity contribution < 1.29 is 9.53 Å². The third kappa shape index (κ3) is 2.36. The molecule has 2 heterocycles. The van der Waals surface area contributed by atoms with E-state index in [1.165, 1.54) is 0 Å². The van der Waals surface area contributed by atoms with Gasteiger partial charge >= 0.3 is 0 Å². The number of amides is 1. The molecule has 0 bridgehead atoms. The molecule has 0 radical (unpaired) electrons. The van der Waals surface area contributed by atoms with Gasteiger partial charge in [-0.15, -0.1) is 11.6 Å². The van der Waals surface area contributed by atoms with E-state index < -0.39 is 5.60 Å². The molecule has 5 heteroatoms. The van der Waals surface area contributed by atoms with Crippen LogP contribution in [0.25, 0.3) is 0 Å². The number of aromatic nitrogens is 1. The lowest BCUT2D eigenvalue weighted by Gasteiger charge is -2.30. The molecule has 1 atom stereocenters. The Morgan fingerprint density at radius 1 is 1.65 bits per heavy atom. The van der Waals surface area contributed by atoms with Gasteiger partial charge in [0.1, 0.15) is 11.2 Å². The van der Waals surface area contributed by atoms with Gasteiger partial charge in [-0.2, -0.15) is 0 Å². The van der Waals surface area contributed by atoms with Crippen LogP contribution in [-0.2, 0) is 0 Å². The number of likely N-dealkylation sites (N-methyl/N-ethyl adjacent to an activating group) is 1. The highest BCUT2D eigenvalue weighted by Crippen LogP contribution is 2.28. The molecule has 92 valence electrons. The van der Waals surface area contributed by atoms with E-state index in [1.54, 1.807) is 30.3 Å². The molecule has 1 unspecified atom stereocenters. The van der Waals surface area contributed by atoms with E-state index in [0.717, 1.165) is 0 Å². The van der Waals surface area contributed by atoms with Crippen LogP contribution < -0.4 is 4.74 Å². The molecule has 0 N–H and O–H groups in total. The topological polar surface area (TPSA) is 42.4 Å². The largest absolute Gasteiger partial charge is 0.469 e. The van der Waals surface area contributed by atoms with E-state index in [0.29, 0.717) is 30.3 Å². The van der Waals surface area contributed by atoms with Crippen LogP contribution in [0.3, 0.4) is 0 Å². The highest BCUT2D eigenvalue weighted by Gasteiger charge is 2.35. The molecule has 0 saturated heterocycles. The Balaban J connectivity index is 2.42. The number of alkyl halides is 1. The van der Waals surface area contributed by atoms with E-state index in [4.69, 9.17) is 16.3 Å². The minimum absolute atomic E-state index is 0.0635. The predicted molar refractivity (Wildman–Crippen MR) is 65.6 cm³/mol. The van der Waals surface area contributed by atoms with Crippen molar-refractivity contribution >= 4 is 17.5 Å². The van der Waals surface area contributed by atoms with Crippen LogP contribution in [0.15, 0.2) is 18.3 Å². The quantitative estimate of drug-likeness (QED) is 0.758. The molecule has 1 aromatic heterocycles. The van der Waals surface area contributed by atoms with Crippen LogP contribution in [0.5, 0.6) is 5.88 Å². The Hall–Kier alpha value is -1.29. The number of carbonyl (C=O) groups is 1. The molecule has 1 aliphatic heterocycles. The first-order valence-electron chi connectivity index (χ1n) is 5.51. The second kappa shape index (κ2) is 4.53. The Morgan fingerprint density at radius 2 is 2.41 bits per heavy atom. The van der Waals surface area contributed by atoms with Gasteiger partial charge in [0.05, 0.1) is 6.54 Å². The summed E-state index contributed by atoms with van der Waals surface area (Å²) in [4.78, 5) is 17.9. The highest BCUT2D eigenvalue weighted by atomic mass is 35.5. The first-order chi connectivity index (χ1) is 8.06. The number of hydrogen-bond donors (Lipinski definition) is 0. The molecule has 4 nitrogen and oxygen atoms in total. The van der Waals surface area contributed by atoms with Gasteiger partial charge in [-0.25, -0.2) is 4.98 Å². The summed E-state index contributed by atoms with van der Waals surface area (Å²) in [7, 11) is 1.76. The Morgan fingerprint density at radius 3 is 3.12 bits per heavy atom. The average Bonchev–Trinajstić information content (AvgIpc) is 2.36. The summed E-state index contributed by atoms with van der Waals surface area (Å²) >= 11 is 5.79. The van der Waals surface area contributed by atoms with Gasteiger partial charge in [-0.3, -0.25) is 4.79 Å². The van der Waals surface area contributed by atoms with Gasteiger partial charge < -0.3 is 9.64 Å². The van der Waals surface area contributed by atoms with Crippen LogP contribution in [-0.4, -0.2) is 40.9 Å². The number of rotatable bonds is 2. The van der Waals surface area contributed by atoms with Crippen molar-refractivity contribution in [1.82, 2.24) is 9.88 Å². The molecule has 1 aromatic rings. The fourth-order valence-corrected chi connectivity index (χ4v) is 2.41. The minimum atomic E-state index is -0.480. The van der Waals surface area contributed by atoms with Gasteiger partial charge in [0.15, 0.2) is 0 Å². The third-order valence-electron chi connectivity index (χ3n) is 2.89. The third-order valence-corrected chi connectivity index (χ3v) is 3.08. The van der Waals surface area contributed by atoms with Crippen molar-refractivity contribution in [3.05, 3.63) is 23.9 Å². The van der Waals surface area contributed by atoms with E-state index in [1.807, 2.05) is 6.92 Å². The summed E-state index contributed by atoms with van der Waals surface area (Å²) in [6.07, 6.45) is 2.29. The first-order valence-corrected chi connectivity index (χ1v) is 6.05. The average molecular weight is 255 g/mol. The smallest absolute Gasteiger partial charge is 0.259 e. The summed E-state index contributed by atoms with van der Waals surface area (Å²) < 4.78 is 5.87. The van der Waals surface area contributed by atoms with Gasteiger partial charge in [-0.05, 0) is 19.1 Å². The fraction of sp³-hybridized carbons (Fsp3) is 0.500. The van der Waals surface area contributed by atoms with Gasteiger partial charge in [0, 0.05) is 25.5 Å². The molecule has 1 aliphatic rings. The van der Waals surface area contributed by atoms with Crippen LogP contribution in [0.4, 0.5) is 0 Å². The number of pyridine rings is 1. The zero-order chi connectivity index (χ0) is 12.5. The maximum absolute atomic E-state index is 12.1. The zero-order valence-corrected chi connectivity index (χ0v) is 10.7. The summed E-state index contributed by atoms with van der Waals surface area (Å²) in [5, 5.41) is 0. The van der Waals surface area contributed by atoms with Crippen molar-refractivity contribution in [2.75, 3.05) is 19.5 Å². The normalized spacial score (nSPS) is 23.9. The SMILES string of the molecule is CN1CC(C)(CCCl)Oc2ncccc2C1=O. The molecule has 0 fully saturated rings. The zero-order valence-electron chi connectivity index (χ0n) is 9.94. The lowest BCUT2D eigenvalue weighted by atomic mass is 10.0. The lowest BCUT2D eigenvalue weighted by molar-refractivity contribution is 0.0481. The fourth-order valence-electron chi connectivity index (χ4n) is 2.01. The van der Waals surface area contributed by atoms with E-state index >= 15 is 0 Å². The first kappa shape index (κ1) is 12.2. The standard InChI is InChI=1S/C12H15ClN2O2/c1-12(5-6-13)8-15(2)11(16)9-4-3-7-14-10(9)17-12/h3-4,7H,5-6,8H2,1-2H3. The monoisotopic (exact) mass is 254 g/mol. The summed E-state index contributed by atoms with van der Waals surface area (Å²) in [5.74, 6) is 0.821.